The summed E-state index contributed by atoms with van der Waals surface area (Å²) in [5.74, 6) is 0.728. The number of hydrogen-bond acceptors (Lipinski definition) is 5. The van der Waals surface area contributed by atoms with Crippen molar-refractivity contribution in [3.63, 3.8) is 0 Å². The maximum atomic E-state index is 4.69. The lowest BCUT2D eigenvalue weighted by Gasteiger charge is -2.22. The van der Waals surface area contributed by atoms with Crippen LogP contribution in [0.1, 0.15) is 51.6 Å². The van der Waals surface area contributed by atoms with E-state index in [0.717, 1.165) is 29.2 Å². The molecule has 0 atom stereocenters. The highest BCUT2D eigenvalue weighted by Crippen LogP contribution is 2.27. The van der Waals surface area contributed by atoms with E-state index in [4.69, 9.17) is 4.98 Å². The van der Waals surface area contributed by atoms with Gasteiger partial charge in [0.1, 0.15) is 6.33 Å². The molecule has 0 saturated carbocycles. The van der Waals surface area contributed by atoms with Gasteiger partial charge in [0.05, 0.1) is 11.4 Å². The Labute approximate surface area is 152 Å². The lowest BCUT2D eigenvalue weighted by Crippen LogP contribution is -2.23. The second-order valence-electron chi connectivity index (χ2n) is 8.45. The largest absolute Gasteiger partial charge is 0.291 e. The molecule has 4 aromatic rings. The van der Waals surface area contributed by atoms with Crippen molar-refractivity contribution in [3.05, 3.63) is 54.0 Å². The van der Waals surface area contributed by atoms with E-state index in [1.807, 2.05) is 22.7 Å². The van der Waals surface area contributed by atoms with E-state index in [-0.39, 0.29) is 10.8 Å². The molecule has 0 N–H and O–H groups in total. The maximum absolute atomic E-state index is 4.69. The minimum absolute atomic E-state index is 0.0586. The van der Waals surface area contributed by atoms with Crippen LogP contribution in [0, 0.1) is 0 Å². The van der Waals surface area contributed by atoms with Gasteiger partial charge in [-0.05, 0) is 23.1 Å². The predicted octanol–water partition coefficient (Wildman–Crippen LogP) is 2.98. The van der Waals surface area contributed by atoms with E-state index in [2.05, 4.69) is 67.3 Å². The molecule has 0 spiro atoms. The van der Waals surface area contributed by atoms with E-state index >= 15 is 0 Å². The van der Waals surface area contributed by atoms with Gasteiger partial charge in [0.15, 0.2) is 5.65 Å². The van der Waals surface area contributed by atoms with Crippen molar-refractivity contribution in [2.24, 2.45) is 0 Å². The van der Waals surface area contributed by atoms with Crippen LogP contribution in [0.15, 0.2) is 37.1 Å². The van der Waals surface area contributed by atoms with Crippen molar-refractivity contribution in [1.82, 2.24) is 34.2 Å². The highest BCUT2D eigenvalue weighted by atomic mass is 15.3. The number of fused-ring (bicyclic) bond motifs is 2. The summed E-state index contributed by atoms with van der Waals surface area (Å²) in [4.78, 5) is 9.21. The van der Waals surface area contributed by atoms with Gasteiger partial charge in [0.25, 0.3) is 0 Å². The summed E-state index contributed by atoms with van der Waals surface area (Å²) in [6.45, 7) is 10.9. The Morgan fingerprint density at radius 1 is 1.04 bits per heavy atom. The number of nitrogens with zero attached hydrogens (tertiary/aromatic N) is 7. The van der Waals surface area contributed by atoms with Gasteiger partial charge in [0, 0.05) is 30.4 Å². The predicted molar refractivity (Wildman–Crippen MR) is 99.2 cm³/mol. The summed E-state index contributed by atoms with van der Waals surface area (Å²) in [6, 6.07) is 3.95. The number of rotatable bonds is 3. The van der Waals surface area contributed by atoms with Gasteiger partial charge in [-0.3, -0.25) is 4.40 Å². The van der Waals surface area contributed by atoms with Crippen LogP contribution in [0.25, 0.3) is 11.4 Å². The maximum Gasteiger partial charge on any atom is 0.233 e. The normalized spacial score (nSPS) is 13.0. The summed E-state index contributed by atoms with van der Waals surface area (Å²) < 4.78 is 3.72. The van der Waals surface area contributed by atoms with E-state index < -0.39 is 0 Å². The average molecular weight is 349 g/mol. The minimum Gasteiger partial charge on any atom is -0.291 e. The molecule has 0 saturated heterocycles. The Bertz CT molecular complexity index is 1080. The average Bonchev–Trinajstić information content (AvgIpc) is 3.17. The first-order valence-corrected chi connectivity index (χ1v) is 8.74. The van der Waals surface area contributed by atoms with E-state index in [9.17, 15) is 0 Å². The third kappa shape index (κ3) is 2.94. The number of hydrogen-bond donors (Lipinski definition) is 0. The second-order valence-corrected chi connectivity index (χ2v) is 8.45. The molecule has 0 amide bonds. The molecule has 0 aliphatic carbocycles. The lowest BCUT2D eigenvalue weighted by molar-refractivity contribution is 0.490. The van der Waals surface area contributed by atoms with Crippen LogP contribution in [0.5, 0.6) is 0 Å². The fourth-order valence-corrected chi connectivity index (χ4v) is 3.04. The first kappa shape index (κ1) is 16.6. The van der Waals surface area contributed by atoms with Crippen molar-refractivity contribution in [1.29, 1.82) is 0 Å². The highest BCUT2D eigenvalue weighted by Gasteiger charge is 2.25. The summed E-state index contributed by atoms with van der Waals surface area (Å²) in [7, 11) is 0. The van der Waals surface area contributed by atoms with Crippen LogP contribution in [0.4, 0.5) is 0 Å². The first-order chi connectivity index (χ1) is 12.2. The molecular weight excluding hydrogens is 326 g/mol. The van der Waals surface area contributed by atoms with Gasteiger partial charge in [-0.25, -0.2) is 14.5 Å². The van der Waals surface area contributed by atoms with Crippen molar-refractivity contribution in [2.45, 2.75) is 51.9 Å². The first-order valence-electron chi connectivity index (χ1n) is 8.74. The number of imidazole rings is 1. The summed E-state index contributed by atoms with van der Waals surface area (Å²) in [5.41, 5.74) is 3.79. The van der Waals surface area contributed by atoms with Crippen LogP contribution in [0.3, 0.4) is 0 Å². The van der Waals surface area contributed by atoms with Gasteiger partial charge in [-0.15, -0.1) is 10.2 Å². The molecular formula is C19H23N7. The van der Waals surface area contributed by atoms with Crippen LogP contribution in [-0.4, -0.2) is 34.2 Å². The molecule has 0 bridgehead atoms. The van der Waals surface area contributed by atoms with Crippen LogP contribution in [-0.2, 0) is 17.3 Å². The fourth-order valence-electron chi connectivity index (χ4n) is 3.04. The van der Waals surface area contributed by atoms with Crippen molar-refractivity contribution in [2.75, 3.05) is 0 Å². The van der Waals surface area contributed by atoms with E-state index in [1.54, 1.807) is 10.8 Å². The van der Waals surface area contributed by atoms with Crippen LogP contribution >= 0.6 is 0 Å². The molecule has 7 heteroatoms. The summed E-state index contributed by atoms with van der Waals surface area (Å²) in [5, 5.41) is 12.5. The van der Waals surface area contributed by atoms with Gasteiger partial charge in [-0.1, -0.05) is 34.6 Å². The molecule has 134 valence electrons. The highest BCUT2D eigenvalue weighted by molar-refractivity contribution is 5.37. The lowest BCUT2D eigenvalue weighted by atomic mass is 9.84. The SMILES string of the molecule is CC(C)(C)c1cnc2nc(CC(C)(C)c3ccc4nncn4n3)cn2c1. The smallest absolute Gasteiger partial charge is 0.233 e. The Morgan fingerprint density at radius 2 is 1.85 bits per heavy atom. The Hall–Kier alpha value is -2.83. The van der Waals surface area contributed by atoms with Gasteiger partial charge in [0.2, 0.25) is 5.78 Å². The Balaban J connectivity index is 1.66. The quantitative estimate of drug-likeness (QED) is 0.568. The third-order valence-corrected chi connectivity index (χ3v) is 4.70. The summed E-state index contributed by atoms with van der Waals surface area (Å²) in [6.07, 6.45) is 8.49. The van der Waals surface area contributed by atoms with Crippen molar-refractivity contribution in [3.8, 4) is 0 Å². The molecule has 0 aliphatic heterocycles. The molecule has 0 unspecified atom stereocenters. The third-order valence-electron chi connectivity index (χ3n) is 4.70. The molecule has 4 heterocycles. The molecule has 0 radical (unpaired) electrons. The van der Waals surface area contributed by atoms with Crippen LogP contribution < -0.4 is 0 Å². The van der Waals surface area contributed by atoms with Crippen molar-refractivity contribution < 1.29 is 0 Å². The number of aromatic nitrogens is 7. The Kier molecular flexibility index (Phi) is 3.57. The summed E-state index contributed by atoms with van der Waals surface area (Å²) >= 11 is 0. The zero-order valence-corrected chi connectivity index (χ0v) is 15.8. The molecule has 26 heavy (non-hydrogen) atoms. The second kappa shape index (κ2) is 5.59. The fraction of sp³-hybridized carbons (Fsp3) is 0.421. The monoisotopic (exact) mass is 349 g/mol. The topological polar surface area (TPSA) is 73.3 Å². The van der Waals surface area contributed by atoms with E-state index in [0.29, 0.717) is 0 Å². The van der Waals surface area contributed by atoms with Gasteiger partial charge >= 0.3 is 0 Å². The standard InChI is InChI=1S/C19H23N7/c1-18(2,3)13-9-20-17-22-14(11-25(17)10-13)8-19(4,5)15-6-7-16-23-21-12-26(16)24-15/h6-7,9-12H,8H2,1-5H3. The van der Waals surface area contributed by atoms with E-state index in [1.165, 1.54) is 5.56 Å². The molecule has 0 aromatic carbocycles. The zero-order chi connectivity index (χ0) is 18.5. The molecule has 4 rings (SSSR count). The van der Waals surface area contributed by atoms with Crippen LogP contribution in [0.2, 0.25) is 0 Å². The molecule has 0 aliphatic rings. The molecule has 7 nitrogen and oxygen atoms in total. The molecule has 0 fully saturated rings. The van der Waals surface area contributed by atoms with Gasteiger partial charge < -0.3 is 0 Å². The van der Waals surface area contributed by atoms with Gasteiger partial charge in [-0.2, -0.15) is 5.10 Å². The minimum atomic E-state index is -0.177. The Morgan fingerprint density at radius 3 is 2.62 bits per heavy atom. The molecule has 4 aromatic heterocycles. The zero-order valence-electron chi connectivity index (χ0n) is 15.8. The van der Waals surface area contributed by atoms with Crippen molar-refractivity contribution >= 4 is 11.4 Å².